The molecule has 0 bridgehead atoms. The number of aromatic nitrogens is 1. The molecule has 0 radical (unpaired) electrons. The van der Waals surface area contributed by atoms with Crippen molar-refractivity contribution >= 4 is 29.7 Å². The number of carbonyl (C=O) groups excluding carboxylic acids is 1. The van der Waals surface area contributed by atoms with E-state index in [1.165, 1.54) is 12.2 Å². The lowest BCUT2D eigenvalue weighted by Crippen LogP contribution is -1.91. The molecule has 6 nitrogen and oxygen atoms in total. The molecule has 0 unspecified atom stereocenters. The van der Waals surface area contributed by atoms with Gasteiger partial charge in [0, 0.05) is 36.7 Å². The summed E-state index contributed by atoms with van der Waals surface area (Å²) in [5, 5.41) is 0. The molecule has 4 heterocycles. The lowest BCUT2D eigenvalue weighted by Gasteiger charge is -1.82. The molecular formula is C15H21N3O3S. The van der Waals surface area contributed by atoms with Crippen LogP contribution in [0.25, 0.3) is 0 Å². The Bertz CT molecular complexity index is 413. The maximum absolute atomic E-state index is 10.3. The zero-order valence-electron chi connectivity index (χ0n) is 12.4. The van der Waals surface area contributed by atoms with Gasteiger partial charge in [-0.25, -0.2) is 4.79 Å². The molecule has 1 aromatic rings. The highest BCUT2D eigenvalue weighted by atomic mass is 32.2. The number of cyclic esters (lactones) is 1. The largest absolute Gasteiger partial charge is 0.482 e. The van der Waals surface area contributed by atoms with Crippen molar-refractivity contribution in [3.8, 4) is 0 Å². The van der Waals surface area contributed by atoms with Gasteiger partial charge in [-0.1, -0.05) is 6.58 Å². The molecular weight excluding hydrogens is 302 g/mol. The standard InChI is InChI=1S/C5H6O2.C4H5N.C3H5NO.C3H5NS/c1-4-2-3-7-5(4)6;1-2-4-5-3-1;2*1-2-5-3-4-1/h1-3H2;1-5H;2*3H,1-2H2. The number of esters is 1. The van der Waals surface area contributed by atoms with Gasteiger partial charge in [0.1, 0.15) is 6.61 Å². The maximum Gasteiger partial charge on any atom is 0.333 e. The Kier molecular flexibility index (Phi) is 10.4. The van der Waals surface area contributed by atoms with Crippen LogP contribution in [-0.2, 0) is 14.3 Å². The molecule has 0 saturated carbocycles. The van der Waals surface area contributed by atoms with Crippen molar-refractivity contribution in [2.75, 3.05) is 32.1 Å². The van der Waals surface area contributed by atoms with Crippen molar-refractivity contribution in [1.82, 2.24) is 4.98 Å². The highest BCUT2D eigenvalue weighted by molar-refractivity contribution is 8.12. The third-order valence-electron chi connectivity index (χ3n) is 2.40. The smallest absolute Gasteiger partial charge is 0.333 e. The number of thioether (sulfide) groups is 1. The van der Waals surface area contributed by atoms with Gasteiger partial charge < -0.3 is 14.5 Å². The van der Waals surface area contributed by atoms with E-state index in [9.17, 15) is 4.79 Å². The minimum Gasteiger partial charge on any atom is -0.482 e. The molecule has 7 heteroatoms. The van der Waals surface area contributed by atoms with Crippen molar-refractivity contribution in [1.29, 1.82) is 0 Å². The Balaban J connectivity index is 0.000000148. The van der Waals surface area contributed by atoms with E-state index in [1.54, 1.807) is 11.8 Å². The minimum atomic E-state index is -0.236. The zero-order valence-corrected chi connectivity index (χ0v) is 13.3. The van der Waals surface area contributed by atoms with Crippen LogP contribution in [0.15, 0.2) is 46.7 Å². The highest BCUT2D eigenvalue weighted by Gasteiger charge is 2.14. The number of hydrogen-bond donors (Lipinski definition) is 1. The van der Waals surface area contributed by atoms with Crippen LogP contribution in [0.5, 0.6) is 0 Å². The second kappa shape index (κ2) is 12.7. The summed E-state index contributed by atoms with van der Waals surface area (Å²) in [6.45, 7) is 6.64. The Hall–Kier alpha value is -2.02. The quantitative estimate of drug-likeness (QED) is 0.587. The fourth-order valence-electron chi connectivity index (χ4n) is 1.28. The molecule has 0 amide bonds. The van der Waals surface area contributed by atoms with Gasteiger partial charge in [0.15, 0.2) is 6.40 Å². The zero-order chi connectivity index (χ0) is 15.9. The molecule has 1 aromatic heterocycles. The summed E-state index contributed by atoms with van der Waals surface area (Å²) in [6, 6.07) is 3.89. The summed E-state index contributed by atoms with van der Waals surface area (Å²) in [5.74, 6) is 0.958. The monoisotopic (exact) mass is 323 g/mol. The van der Waals surface area contributed by atoms with Crippen molar-refractivity contribution in [2.24, 2.45) is 9.98 Å². The normalized spacial score (nSPS) is 17.3. The average Bonchev–Trinajstić information content (AvgIpc) is 3.36. The van der Waals surface area contributed by atoms with Crippen LogP contribution in [-0.4, -0.2) is 55.0 Å². The summed E-state index contributed by atoms with van der Waals surface area (Å²) in [6.07, 6.45) is 5.94. The first-order chi connectivity index (χ1) is 10.8. The topological polar surface area (TPSA) is 76.0 Å². The minimum absolute atomic E-state index is 0.236. The van der Waals surface area contributed by atoms with Gasteiger partial charge in [0.2, 0.25) is 0 Å². The molecule has 1 N–H and O–H groups in total. The maximum atomic E-state index is 10.3. The van der Waals surface area contributed by atoms with E-state index in [2.05, 4.69) is 31.0 Å². The van der Waals surface area contributed by atoms with E-state index in [-0.39, 0.29) is 5.97 Å². The number of nitrogens with zero attached hydrogens (tertiary/aromatic N) is 2. The van der Waals surface area contributed by atoms with Gasteiger partial charge in [-0.05, 0) is 12.1 Å². The Labute approximate surface area is 134 Å². The van der Waals surface area contributed by atoms with E-state index in [0.29, 0.717) is 18.6 Å². The van der Waals surface area contributed by atoms with Crippen molar-refractivity contribution < 1.29 is 14.3 Å². The van der Waals surface area contributed by atoms with E-state index < -0.39 is 0 Å². The third-order valence-corrected chi connectivity index (χ3v) is 3.11. The first-order valence-corrected chi connectivity index (χ1v) is 7.98. The number of nitrogens with one attached hydrogen (secondary N) is 1. The van der Waals surface area contributed by atoms with Crippen molar-refractivity contribution in [3.63, 3.8) is 0 Å². The molecule has 3 aliphatic rings. The molecule has 4 rings (SSSR count). The molecule has 0 aromatic carbocycles. The second-order valence-electron chi connectivity index (χ2n) is 4.14. The average molecular weight is 323 g/mol. The fourth-order valence-corrected chi connectivity index (χ4v) is 1.80. The van der Waals surface area contributed by atoms with Gasteiger partial charge in [0.25, 0.3) is 0 Å². The number of H-pyrrole nitrogens is 1. The van der Waals surface area contributed by atoms with E-state index in [0.717, 1.165) is 19.7 Å². The summed E-state index contributed by atoms with van der Waals surface area (Å²) in [7, 11) is 0. The third kappa shape index (κ3) is 9.82. The van der Waals surface area contributed by atoms with Gasteiger partial charge in [0.05, 0.1) is 18.7 Å². The van der Waals surface area contributed by atoms with Crippen LogP contribution in [0, 0.1) is 0 Å². The number of aromatic amines is 1. The van der Waals surface area contributed by atoms with Crippen LogP contribution in [0.3, 0.4) is 0 Å². The lowest BCUT2D eigenvalue weighted by molar-refractivity contribution is -0.135. The number of ether oxygens (including phenoxy) is 2. The predicted molar refractivity (Wildman–Crippen MR) is 90.6 cm³/mol. The van der Waals surface area contributed by atoms with Crippen LogP contribution in [0.4, 0.5) is 0 Å². The van der Waals surface area contributed by atoms with Gasteiger partial charge in [-0.15, -0.1) is 11.8 Å². The lowest BCUT2D eigenvalue weighted by atomic mass is 10.3. The van der Waals surface area contributed by atoms with Gasteiger partial charge in [-0.3, -0.25) is 9.98 Å². The molecule has 1 saturated heterocycles. The fraction of sp³-hybridized carbons (Fsp3) is 0.400. The number of hydrogen-bond acceptors (Lipinski definition) is 6. The summed E-state index contributed by atoms with van der Waals surface area (Å²) >= 11 is 1.78. The van der Waals surface area contributed by atoms with Gasteiger partial charge >= 0.3 is 5.97 Å². The first kappa shape index (κ1) is 18.0. The SMILES string of the molecule is C1=NCCO1.C1=NCCS1.C=C1CCOC1=O.c1cc[nH]c1. The Morgan fingerprint density at radius 2 is 2.00 bits per heavy atom. The summed E-state index contributed by atoms with van der Waals surface area (Å²) in [4.78, 5) is 20.8. The molecule has 3 aliphatic heterocycles. The molecule has 0 spiro atoms. The number of aliphatic imine (C=N–C) groups is 2. The number of carbonyl (C=O) groups is 1. The molecule has 0 aliphatic carbocycles. The molecule has 1 fully saturated rings. The van der Waals surface area contributed by atoms with Gasteiger partial charge in [-0.2, -0.15) is 0 Å². The van der Waals surface area contributed by atoms with E-state index in [4.69, 9.17) is 0 Å². The van der Waals surface area contributed by atoms with E-state index in [1.807, 2.05) is 30.1 Å². The van der Waals surface area contributed by atoms with Crippen LogP contribution in [0.1, 0.15) is 6.42 Å². The van der Waals surface area contributed by atoms with Crippen LogP contribution in [0.2, 0.25) is 0 Å². The highest BCUT2D eigenvalue weighted by Crippen LogP contribution is 2.08. The number of rotatable bonds is 0. The predicted octanol–water partition coefficient (Wildman–Crippen LogP) is 2.31. The van der Waals surface area contributed by atoms with Crippen LogP contribution >= 0.6 is 11.8 Å². The molecule has 0 atom stereocenters. The Morgan fingerprint density at radius 1 is 1.18 bits per heavy atom. The Morgan fingerprint density at radius 3 is 2.18 bits per heavy atom. The van der Waals surface area contributed by atoms with Crippen molar-refractivity contribution in [3.05, 3.63) is 36.7 Å². The first-order valence-electron chi connectivity index (χ1n) is 6.93. The summed E-state index contributed by atoms with van der Waals surface area (Å²) in [5.41, 5.74) is 2.50. The summed E-state index contributed by atoms with van der Waals surface area (Å²) < 4.78 is 9.18. The van der Waals surface area contributed by atoms with E-state index >= 15 is 0 Å². The molecule has 22 heavy (non-hydrogen) atoms. The van der Waals surface area contributed by atoms with Crippen LogP contribution < -0.4 is 0 Å². The van der Waals surface area contributed by atoms with Crippen molar-refractivity contribution in [2.45, 2.75) is 6.42 Å². The molecule has 120 valence electrons. The second-order valence-corrected chi connectivity index (χ2v) is 5.09.